The van der Waals surface area contributed by atoms with Crippen LogP contribution in [0, 0.1) is 5.92 Å². The van der Waals surface area contributed by atoms with Crippen molar-refractivity contribution in [2.45, 2.75) is 65.0 Å². The molecule has 1 aromatic rings. The molecule has 0 atom stereocenters. The van der Waals surface area contributed by atoms with Crippen LogP contribution >= 0.6 is 11.6 Å². The molecule has 1 aliphatic rings. The summed E-state index contributed by atoms with van der Waals surface area (Å²) >= 11 is 6.38. The van der Waals surface area contributed by atoms with Gasteiger partial charge in [-0.25, -0.2) is 0 Å². The van der Waals surface area contributed by atoms with Crippen molar-refractivity contribution in [1.82, 2.24) is 5.32 Å². The van der Waals surface area contributed by atoms with Crippen LogP contribution in [0.3, 0.4) is 0 Å². The van der Waals surface area contributed by atoms with Gasteiger partial charge in [0.2, 0.25) is 0 Å². The van der Waals surface area contributed by atoms with Crippen molar-refractivity contribution in [1.29, 1.82) is 0 Å². The van der Waals surface area contributed by atoms with Crippen molar-refractivity contribution >= 4 is 11.6 Å². The number of benzene rings is 1. The van der Waals surface area contributed by atoms with E-state index in [1.54, 1.807) is 0 Å². The molecule has 118 valence electrons. The zero-order valence-corrected chi connectivity index (χ0v) is 14.1. The molecule has 0 radical (unpaired) electrons. The van der Waals surface area contributed by atoms with Gasteiger partial charge >= 0.3 is 0 Å². The van der Waals surface area contributed by atoms with Crippen LogP contribution in [0.5, 0.6) is 5.75 Å². The van der Waals surface area contributed by atoms with Gasteiger partial charge in [0.05, 0.1) is 11.1 Å². The van der Waals surface area contributed by atoms with Gasteiger partial charge in [-0.15, -0.1) is 0 Å². The summed E-state index contributed by atoms with van der Waals surface area (Å²) in [6.07, 6.45) is 7.87. The maximum absolute atomic E-state index is 6.38. The lowest BCUT2D eigenvalue weighted by atomic mass is 10.1. The lowest BCUT2D eigenvalue weighted by Gasteiger charge is -2.21. The Hall–Kier alpha value is -0.730. The van der Waals surface area contributed by atoms with E-state index >= 15 is 0 Å². The molecule has 21 heavy (non-hydrogen) atoms. The van der Waals surface area contributed by atoms with E-state index in [0.717, 1.165) is 36.7 Å². The zero-order valence-electron chi connectivity index (χ0n) is 13.3. The van der Waals surface area contributed by atoms with Crippen molar-refractivity contribution in [2.24, 2.45) is 5.92 Å². The summed E-state index contributed by atoms with van der Waals surface area (Å²) in [6.45, 7) is 6.26. The van der Waals surface area contributed by atoms with Gasteiger partial charge in [0.1, 0.15) is 5.75 Å². The number of nitrogens with one attached hydrogen (secondary N) is 1. The fourth-order valence-electron chi connectivity index (χ4n) is 2.85. The van der Waals surface area contributed by atoms with E-state index in [0.29, 0.717) is 12.0 Å². The van der Waals surface area contributed by atoms with Crippen LogP contribution in [0.2, 0.25) is 5.02 Å². The molecule has 1 fully saturated rings. The van der Waals surface area contributed by atoms with Gasteiger partial charge < -0.3 is 10.1 Å². The van der Waals surface area contributed by atoms with E-state index in [-0.39, 0.29) is 0 Å². The lowest BCUT2D eigenvalue weighted by Crippen LogP contribution is -2.21. The molecule has 0 saturated heterocycles. The Balaban J connectivity index is 2.02. The number of hydrogen-bond donors (Lipinski definition) is 1. The van der Waals surface area contributed by atoms with Crippen LogP contribution in [0.4, 0.5) is 0 Å². The second-order valence-electron chi connectivity index (χ2n) is 6.48. The number of hydrogen-bond acceptors (Lipinski definition) is 2. The number of ether oxygens (including phenoxy) is 1. The van der Waals surface area contributed by atoms with E-state index < -0.39 is 0 Å². The van der Waals surface area contributed by atoms with Gasteiger partial charge in [0.25, 0.3) is 0 Å². The minimum atomic E-state index is 0.330. The average Bonchev–Trinajstić information content (AvgIpc) is 2.70. The normalized spacial score (nSPS) is 17.0. The second kappa shape index (κ2) is 8.65. The molecule has 0 aliphatic heterocycles. The predicted molar refractivity (Wildman–Crippen MR) is 90.1 cm³/mol. The quantitative estimate of drug-likeness (QED) is 0.730. The van der Waals surface area contributed by atoms with E-state index in [2.05, 4.69) is 25.2 Å². The van der Waals surface area contributed by atoms with Crippen molar-refractivity contribution in [3.05, 3.63) is 28.8 Å². The smallest absolute Gasteiger partial charge is 0.142 e. The van der Waals surface area contributed by atoms with E-state index in [9.17, 15) is 0 Å². The van der Waals surface area contributed by atoms with Gasteiger partial charge in [0.15, 0.2) is 0 Å². The highest BCUT2D eigenvalue weighted by Gasteiger charge is 2.17. The molecule has 0 unspecified atom stereocenters. The summed E-state index contributed by atoms with van der Waals surface area (Å²) in [5.41, 5.74) is 1.17. The minimum absolute atomic E-state index is 0.330. The van der Waals surface area contributed by atoms with Crippen LogP contribution in [0.1, 0.15) is 57.9 Å². The first kappa shape index (κ1) is 16.6. The highest BCUT2D eigenvalue weighted by atomic mass is 35.5. The Bertz CT molecular complexity index is 425. The van der Waals surface area contributed by atoms with Gasteiger partial charge in [0, 0.05) is 12.1 Å². The fourth-order valence-corrected chi connectivity index (χ4v) is 3.09. The highest BCUT2D eigenvalue weighted by molar-refractivity contribution is 6.32. The summed E-state index contributed by atoms with van der Waals surface area (Å²) < 4.78 is 6.28. The van der Waals surface area contributed by atoms with Crippen molar-refractivity contribution in [3.63, 3.8) is 0 Å². The summed E-state index contributed by atoms with van der Waals surface area (Å²) in [6, 6.07) is 6.06. The molecule has 0 aromatic heterocycles. The summed E-state index contributed by atoms with van der Waals surface area (Å²) in [7, 11) is 0. The standard InChI is InChI=1S/C18H28ClNO/c1-14(2)12-20-13-15-8-7-11-17(19)18(15)21-16-9-5-3-4-6-10-16/h7-8,11,14,16,20H,3-6,9-10,12-13H2,1-2H3. The fraction of sp³-hybridized carbons (Fsp3) is 0.667. The molecule has 1 N–H and O–H groups in total. The Kier molecular flexibility index (Phi) is 6.85. The van der Waals surface area contributed by atoms with E-state index in [1.807, 2.05) is 12.1 Å². The lowest BCUT2D eigenvalue weighted by molar-refractivity contribution is 0.182. The minimum Gasteiger partial charge on any atom is -0.489 e. The van der Waals surface area contributed by atoms with Crippen LogP contribution in [-0.2, 0) is 6.54 Å². The SMILES string of the molecule is CC(C)CNCc1cccc(Cl)c1OC1CCCCCC1. The Morgan fingerprint density at radius 3 is 2.57 bits per heavy atom. The molecule has 0 bridgehead atoms. The second-order valence-corrected chi connectivity index (χ2v) is 6.89. The largest absolute Gasteiger partial charge is 0.489 e. The third-order valence-corrected chi connectivity index (χ3v) is 4.30. The van der Waals surface area contributed by atoms with Crippen LogP contribution in [-0.4, -0.2) is 12.6 Å². The van der Waals surface area contributed by atoms with E-state index in [1.165, 1.54) is 31.2 Å². The first-order valence-electron chi connectivity index (χ1n) is 8.31. The summed E-state index contributed by atoms with van der Waals surface area (Å²) in [5.74, 6) is 1.54. The predicted octanol–water partition coefficient (Wildman–Crippen LogP) is 5.19. The first-order valence-corrected chi connectivity index (χ1v) is 8.69. The monoisotopic (exact) mass is 309 g/mol. The van der Waals surface area contributed by atoms with Crippen LogP contribution < -0.4 is 10.1 Å². The summed E-state index contributed by atoms with van der Waals surface area (Å²) in [5, 5.41) is 4.22. The maximum atomic E-state index is 6.38. The average molecular weight is 310 g/mol. The molecule has 2 nitrogen and oxygen atoms in total. The molecule has 1 aromatic carbocycles. The molecule has 0 amide bonds. The van der Waals surface area contributed by atoms with E-state index in [4.69, 9.17) is 16.3 Å². The molecule has 2 rings (SSSR count). The van der Waals surface area contributed by atoms with Crippen molar-refractivity contribution in [2.75, 3.05) is 6.54 Å². The van der Waals surface area contributed by atoms with Gasteiger partial charge in [-0.3, -0.25) is 0 Å². The van der Waals surface area contributed by atoms with Crippen molar-refractivity contribution < 1.29 is 4.74 Å². The third-order valence-electron chi connectivity index (χ3n) is 4.00. The van der Waals surface area contributed by atoms with Gasteiger partial charge in [-0.05, 0) is 44.2 Å². The third kappa shape index (κ3) is 5.52. The molecular weight excluding hydrogens is 282 g/mol. The summed E-state index contributed by atoms with van der Waals surface area (Å²) in [4.78, 5) is 0. The zero-order chi connectivity index (χ0) is 15.1. The molecule has 0 heterocycles. The number of halogens is 1. The van der Waals surface area contributed by atoms with Gasteiger partial charge in [-0.2, -0.15) is 0 Å². The topological polar surface area (TPSA) is 21.3 Å². The first-order chi connectivity index (χ1) is 10.2. The Morgan fingerprint density at radius 1 is 1.19 bits per heavy atom. The molecule has 1 aliphatic carbocycles. The number of para-hydroxylation sites is 1. The Labute approximate surface area is 134 Å². The Morgan fingerprint density at radius 2 is 1.90 bits per heavy atom. The molecular formula is C18H28ClNO. The van der Waals surface area contributed by atoms with Crippen LogP contribution in [0.25, 0.3) is 0 Å². The maximum Gasteiger partial charge on any atom is 0.142 e. The molecule has 1 saturated carbocycles. The number of rotatable bonds is 6. The highest BCUT2D eigenvalue weighted by Crippen LogP contribution is 2.32. The van der Waals surface area contributed by atoms with Crippen molar-refractivity contribution in [3.8, 4) is 5.75 Å². The van der Waals surface area contributed by atoms with Crippen LogP contribution in [0.15, 0.2) is 18.2 Å². The molecule has 0 spiro atoms. The van der Waals surface area contributed by atoms with Gasteiger partial charge in [-0.1, -0.05) is 50.4 Å². The molecule has 3 heteroatoms.